The molecule has 0 atom stereocenters. The van der Waals surface area contributed by atoms with Gasteiger partial charge in [0, 0.05) is 33.1 Å². The predicted molar refractivity (Wildman–Crippen MR) is 69.7 cm³/mol. The Morgan fingerprint density at radius 2 is 2.11 bits per heavy atom. The summed E-state index contributed by atoms with van der Waals surface area (Å²) in [5.74, 6) is -0.455. The molecule has 0 unspecified atom stereocenters. The fraction of sp³-hybridized carbons (Fsp3) is 0.538. The maximum absolute atomic E-state index is 11.6. The van der Waals surface area contributed by atoms with Crippen LogP contribution in [0.4, 0.5) is 0 Å². The fourth-order valence-corrected chi connectivity index (χ4v) is 1.34. The number of hydrogen-bond donors (Lipinski definition) is 1. The number of esters is 1. The molecule has 0 radical (unpaired) electrons. The summed E-state index contributed by atoms with van der Waals surface area (Å²) in [6, 6.07) is 3.36. The fourth-order valence-electron chi connectivity index (χ4n) is 1.34. The standard InChI is InChI=1S/C13H20N2O4/c1-17-5-2-6-18-7-8-19-13(16)12-4-3-11(9-14)10-15-12/h3-4,10H,2,5-9,14H2,1H3. The van der Waals surface area contributed by atoms with Crippen molar-refractivity contribution in [2.24, 2.45) is 5.73 Å². The highest BCUT2D eigenvalue weighted by Gasteiger charge is 2.07. The number of nitrogens with zero attached hydrogens (tertiary/aromatic N) is 1. The quantitative estimate of drug-likeness (QED) is 0.525. The van der Waals surface area contributed by atoms with Crippen LogP contribution in [0.2, 0.25) is 0 Å². The first-order chi connectivity index (χ1) is 9.27. The highest BCUT2D eigenvalue weighted by Crippen LogP contribution is 2.01. The van der Waals surface area contributed by atoms with Gasteiger partial charge in [0.2, 0.25) is 0 Å². The van der Waals surface area contributed by atoms with Crippen molar-refractivity contribution in [2.45, 2.75) is 13.0 Å². The third-order valence-electron chi connectivity index (χ3n) is 2.37. The summed E-state index contributed by atoms with van der Waals surface area (Å²) in [6.07, 6.45) is 2.39. The predicted octanol–water partition coefficient (Wildman–Crippen LogP) is 0.750. The molecule has 1 rings (SSSR count). The van der Waals surface area contributed by atoms with Gasteiger partial charge in [-0.1, -0.05) is 6.07 Å². The van der Waals surface area contributed by atoms with Crippen LogP contribution in [0.3, 0.4) is 0 Å². The van der Waals surface area contributed by atoms with Gasteiger partial charge >= 0.3 is 5.97 Å². The molecule has 0 aliphatic heterocycles. The molecule has 19 heavy (non-hydrogen) atoms. The normalized spacial score (nSPS) is 10.4. The highest BCUT2D eigenvalue weighted by atomic mass is 16.6. The van der Waals surface area contributed by atoms with Crippen LogP contribution in [0.15, 0.2) is 18.3 Å². The third-order valence-corrected chi connectivity index (χ3v) is 2.37. The molecule has 0 aromatic carbocycles. The Hall–Kier alpha value is -1.50. The Morgan fingerprint density at radius 3 is 2.74 bits per heavy atom. The van der Waals surface area contributed by atoms with Crippen molar-refractivity contribution in [3.05, 3.63) is 29.6 Å². The second-order valence-corrected chi connectivity index (χ2v) is 3.85. The molecule has 0 saturated carbocycles. The molecule has 2 N–H and O–H groups in total. The van der Waals surface area contributed by atoms with E-state index in [2.05, 4.69) is 4.98 Å². The number of rotatable bonds is 9. The van der Waals surface area contributed by atoms with Gasteiger partial charge in [0.15, 0.2) is 0 Å². The summed E-state index contributed by atoms with van der Waals surface area (Å²) in [5, 5.41) is 0. The van der Waals surface area contributed by atoms with Gasteiger partial charge in [-0.05, 0) is 18.1 Å². The Morgan fingerprint density at radius 1 is 1.26 bits per heavy atom. The van der Waals surface area contributed by atoms with E-state index >= 15 is 0 Å². The molecule has 0 aliphatic carbocycles. The maximum atomic E-state index is 11.6. The zero-order valence-electron chi connectivity index (χ0n) is 11.1. The van der Waals surface area contributed by atoms with Gasteiger partial charge in [-0.2, -0.15) is 0 Å². The van der Waals surface area contributed by atoms with Crippen molar-refractivity contribution >= 4 is 5.97 Å². The lowest BCUT2D eigenvalue weighted by atomic mass is 10.2. The minimum Gasteiger partial charge on any atom is -0.459 e. The monoisotopic (exact) mass is 268 g/mol. The van der Waals surface area contributed by atoms with E-state index in [1.165, 1.54) is 0 Å². The van der Waals surface area contributed by atoms with Crippen LogP contribution in [-0.4, -0.2) is 44.5 Å². The Labute approximate surface area is 112 Å². The topological polar surface area (TPSA) is 83.7 Å². The van der Waals surface area contributed by atoms with Gasteiger partial charge in [0.05, 0.1) is 6.61 Å². The molecule has 106 valence electrons. The van der Waals surface area contributed by atoms with Crippen LogP contribution in [0.1, 0.15) is 22.5 Å². The summed E-state index contributed by atoms with van der Waals surface area (Å²) in [7, 11) is 1.64. The highest BCUT2D eigenvalue weighted by molar-refractivity contribution is 5.87. The van der Waals surface area contributed by atoms with Gasteiger partial charge in [-0.15, -0.1) is 0 Å². The summed E-state index contributed by atoms with van der Waals surface area (Å²) >= 11 is 0. The summed E-state index contributed by atoms with van der Waals surface area (Å²) in [6.45, 7) is 2.24. The number of carbonyl (C=O) groups excluding carboxylic acids is 1. The van der Waals surface area contributed by atoms with E-state index in [0.717, 1.165) is 12.0 Å². The molecular formula is C13H20N2O4. The number of methoxy groups -OCH3 is 1. The van der Waals surface area contributed by atoms with Crippen molar-refractivity contribution in [3.8, 4) is 0 Å². The molecule has 1 aromatic rings. The minimum absolute atomic E-state index is 0.214. The Bertz CT molecular complexity index is 367. The molecule has 0 saturated heterocycles. The second-order valence-electron chi connectivity index (χ2n) is 3.85. The minimum atomic E-state index is -0.455. The van der Waals surface area contributed by atoms with Crippen molar-refractivity contribution in [1.29, 1.82) is 0 Å². The van der Waals surface area contributed by atoms with Crippen molar-refractivity contribution in [3.63, 3.8) is 0 Å². The Kier molecular flexibility index (Phi) is 7.72. The van der Waals surface area contributed by atoms with Gasteiger partial charge < -0.3 is 19.9 Å². The van der Waals surface area contributed by atoms with Gasteiger partial charge in [-0.25, -0.2) is 9.78 Å². The lowest BCUT2D eigenvalue weighted by Gasteiger charge is -2.06. The van der Waals surface area contributed by atoms with Gasteiger partial charge in [-0.3, -0.25) is 0 Å². The first kappa shape index (κ1) is 15.6. The molecule has 0 fully saturated rings. The van der Waals surface area contributed by atoms with Crippen molar-refractivity contribution in [1.82, 2.24) is 4.98 Å². The van der Waals surface area contributed by atoms with E-state index in [1.807, 2.05) is 0 Å². The smallest absolute Gasteiger partial charge is 0.356 e. The van der Waals surface area contributed by atoms with Gasteiger partial charge in [0.25, 0.3) is 0 Å². The first-order valence-electron chi connectivity index (χ1n) is 6.16. The number of hydrogen-bond acceptors (Lipinski definition) is 6. The number of ether oxygens (including phenoxy) is 3. The summed E-state index contributed by atoms with van der Waals surface area (Å²) in [4.78, 5) is 15.6. The SMILES string of the molecule is COCCCOCCOC(=O)c1ccc(CN)cn1. The van der Waals surface area contributed by atoms with E-state index in [4.69, 9.17) is 19.9 Å². The van der Waals surface area contributed by atoms with E-state index in [1.54, 1.807) is 25.4 Å². The lowest BCUT2D eigenvalue weighted by molar-refractivity contribution is 0.0283. The molecule has 0 spiro atoms. The molecule has 1 aromatic heterocycles. The van der Waals surface area contributed by atoms with Crippen LogP contribution < -0.4 is 5.73 Å². The van der Waals surface area contributed by atoms with E-state index in [0.29, 0.717) is 26.4 Å². The second kappa shape index (κ2) is 9.43. The lowest BCUT2D eigenvalue weighted by Crippen LogP contribution is -2.13. The van der Waals surface area contributed by atoms with Crippen LogP contribution in [-0.2, 0) is 20.8 Å². The summed E-state index contributed by atoms with van der Waals surface area (Å²) < 4.78 is 15.2. The Balaban J connectivity index is 2.16. The molecule has 6 heteroatoms. The molecular weight excluding hydrogens is 248 g/mol. The first-order valence-corrected chi connectivity index (χ1v) is 6.16. The number of aromatic nitrogens is 1. The van der Waals surface area contributed by atoms with Crippen LogP contribution in [0.25, 0.3) is 0 Å². The zero-order valence-corrected chi connectivity index (χ0v) is 11.1. The third kappa shape index (κ3) is 6.28. The molecule has 0 bridgehead atoms. The van der Waals surface area contributed by atoms with Crippen molar-refractivity contribution in [2.75, 3.05) is 33.5 Å². The van der Waals surface area contributed by atoms with Crippen molar-refractivity contribution < 1.29 is 19.0 Å². The van der Waals surface area contributed by atoms with Gasteiger partial charge in [0.1, 0.15) is 12.3 Å². The molecule has 1 heterocycles. The van der Waals surface area contributed by atoms with E-state index in [9.17, 15) is 4.79 Å². The van der Waals surface area contributed by atoms with Crippen LogP contribution >= 0.6 is 0 Å². The van der Waals surface area contributed by atoms with Crippen LogP contribution in [0.5, 0.6) is 0 Å². The average molecular weight is 268 g/mol. The number of carbonyl (C=O) groups is 1. The van der Waals surface area contributed by atoms with Crippen LogP contribution in [0, 0.1) is 0 Å². The largest absolute Gasteiger partial charge is 0.459 e. The number of nitrogens with two attached hydrogens (primary N) is 1. The number of pyridine rings is 1. The average Bonchev–Trinajstić information content (AvgIpc) is 2.46. The molecule has 0 aliphatic rings. The van der Waals surface area contributed by atoms with E-state index < -0.39 is 5.97 Å². The summed E-state index contributed by atoms with van der Waals surface area (Å²) in [5.41, 5.74) is 6.59. The molecule has 6 nitrogen and oxygen atoms in total. The maximum Gasteiger partial charge on any atom is 0.356 e. The van der Waals surface area contributed by atoms with E-state index in [-0.39, 0.29) is 12.3 Å². The molecule has 0 amide bonds. The zero-order chi connectivity index (χ0) is 13.9.